The molecule has 0 aromatic heterocycles. The Balaban J connectivity index is 2.75. The minimum atomic E-state index is 0.550. The van der Waals surface area contributed by atoms with Crippen LogP contribution in [0.3, 0.4) is 0 Å². The number of nitrogens with zero attached hydrogens (tertiary/aromatic N) is 2. The van der Waals surface area contributed by atoms with Crippen LogP contribution in [-0.4, -0.2) is 21.8 Å². The average Bonchev–Trinajstić information content (AvgIpc) is 2.43. The third-order valence-corrected chi connectivity index (χ3v) is 2.29. The Morgan fingerprint density at radius 1 is 0.833 bits per heavy atom. The van der Waals surface area contributed by atoms with Crippen molar-refractivity contribution in [1.82, 2.24) is 0 Å². The molecule has 0 saturated heterocycles. The molecule has 4 heteroatoms. The SMILES string of the molecule is CC(/C=C\c1ccc(/C=C/C(C)=N/O)cc1)=N\O. The van der Waals surface area contributed by atoms with Gasteiger partial charge in [0.1, 0.15) is 0 Å². The lowest BCUT2D eigenvalue weighted by molar-refractivity contribution is 0.319. The minimum absolute atomic E-state index is 0.550. The summed E-state index contributed by atoms with van der Waals surface area (Å²) in [5.74, 6) is 0. The van der Waals surface area contributed by atoms with E-state index < -0.39 is 0 Å². The van der Waals surface area contributed by atoms with E-state index in [1.54, 1.807) is 26.0 Å². The predicted octanol–water partition coefficient (Wildman–Crippen LogP) is 3.41. The van der Waals surface area contributed by atoms with Crippen molar-refractivity contribution < 1.29 is 10.4 Å². The summed E-state index contributed by atoms with van der Waals surface area (Å²) < 4.78 is 0. The molecule has 0 fully saturated rings. The molecule has 1 aromatic rings. The van der Waals surface area contributed by atoms with Crippen LogP contribution in [0.1, 0.15) is 25.0 Å². The highest BCUT2D eigenvalue weighted by molar-refractivity contribution is 5.96. The molecule has 0 aliphatic heterocycles. The van der Waals surface area contributed by atoms with E-state index >= 15 is 0 Å². The maximum Gasteiger partial charge on any atom is 0.0765 e. The molecular formula is C14H16N2O2. The number of hydrogen-bond donors (Lipinski definition) is 2. The zero-order valence-electron chi connectivity index (χ0n) is 10.4. The fourth-order valence-electron chi connectivity index (χ4n) is 1.22. The van der Waals surface area contributed by atoms with E-state index in [0.717, 1.165) is 11.1 Å². The van der Waals surface area contributed by atoms with Crippen molar-refractivity contribution in [1.29, 1.82) is 0 Å². The lowest BCUT2D eigenvalue weighted by Crippen LogP contribution is -1.84. The Labute approximate surface area is 106 Å². The van der Waals surface area contributed by atoms with Gasteiger partial charge in [-0.05, 0) is 37.1 Å². The van der Waals surface area contributed by atoms with Gasteiger partial charge in [0.2, 0.25) is 0 Å². The molecule has 0 aliphatic rings. The first-order chi connectivity index (χ1) is 8.65. The zero-order chi connectivity index (χ0) is 13.4. The Morgan fingerprint density at radius 2 is 1.17 bits per heavy atom. The maximum atomic E-state index is 8.50. The molecule has 0 heterocycles. The van der Waals surface area contributed by atoms with Crippen LogP contribution in [0, 0.1) is 0 Å². The van der Waals surface area contributed by atoms with Gasteiger partial charge in [-0.15, -0.1) is 0 Å². The number of oxime groups is 2. The first-order valence-electron chi connectivity index (χ1n) is 5.49. The molecule has 1 rings (SSSR count). The smallest absolute Gasteiger partial charge is 0.0765 e. The van der Waals surface area contributed by atoms with Gasteiger partial charge in [-0.1, -0.05) is 46.7 Å². The van der Waals surface area contributed by atoms with Gasteiger partial charge < -0.3 is 10.4 Å². The van der Waals surface area contributed by atoms with Gasteiger partial charge in [0.15, 0.2) is 0 Å². The standard InChI is InChI=1S/C14H16N2O2/c1-11(15-17)3-5-13-7-9-14(10-8-13)6-4-12(2)16-18/h3-10,17-18H,1-2H3/b5-3-,6-4+,15-11+,16-12+. The largest absolute Gasteiger partial charge is 0.411 e. The highest BCUT2D eigenvalue weighted by Crippen LogP contribution is 2.08. The molecule has 1 aromatic carbocycles. The number of rotatable bonds is 4. The summed E-state index contributed by atoms with van der Waals surface area (Å²) in [6, 6.07) is 7.80. The Kier molecular flexibility index (Phi) is 5.38. The molecule has 0 saturated carbocycles. The monoisotopic (exact) mass is 244 g/mol. The van der Waals surface area contributed by atoms with Crippen molar-refractivity contribution in [3.63, 3.8) is 0 Å². The first-order valence-corrected chi connectivity index (χ1v) is 5.49. The first kappa shape index (κ1) is 13.7. The number of benzene rings is 1. The third-order valence-electron chi connectivity index (χ3n) is 2.29. The lowest BCUT2D eigenvalue weighted by atomic mass is 10.1. The molecule has 94 valence electrons. The van der Waals surface area contributed by atoms with Crippen LogP contribution in [-0.2, 0) is 0 Å². The van der Waals surface area contributed by atoms with Crippen molar-refractivity contribution in [3.05, 3.63) is 47.5 Å². The molecule has 4 nitrogen and oxygen atoms in total. The van der Waals surface area contributed by atoms with Gasteiger partial charge in [0.05, 0.1) is 11.4 Å². The van der Waals surface area contributed by atoms with Crippen LogP contribution in [0.2, 0.25) is 0 Å². The predicted molar refractivity (Wildman–Crippen MR) is 74.3 cm³/mol. The van der Waals surface area contributed by atoms with E-state index in [0.29, 0.717) is 11.4 Å². The summed E-state index contributed by atoms with van der Waals surface area (Å²) in [5, 5.41) is 23.1. The van der Waals surface area contributed by atoms with Crippen LogP contribution < -0.4 is 0 Å². The molecule has 0 bridgehead atoms. The fourth-order valence-corrected chi connectivity index (χ4v) is 1.22. The van der Waals surface area contributed by atoms with Crippen molar-refractivity contribution in [2.24, 2.45) is 10.3 Å². The highest BCUT2D eigenvalue weighted by Gasteiger charge is 1.90. The molecule has 0 spiro atoms. The van der Waals surface area contributed by atoms with Gasteiger partial charge >= 0.3 is 0 Å². The molecular weight excluding hydrogens is 228 g/mol. The van der Waals surface area contributed by atoms with E-state index in [1.165, 1.54) is 0 Å². The minimum Gasteiger partial charge on any atom is -0.411 e. The van der Waals surface area contributed by atoms with Gasteiger partial charge in [0.25, 0.3) is 0 Å². The van der Waals surface area contributed by atoms with Crippen molar-refractivity contribution in [2.75, 3.05) is 0 Å². The second kappa shape index (κ2) is 7.06. The maximum absolute atomic E-state index is 8.50. The van der Waals surface area contributed by atoms with Crippen LogP contribution in [0.25, 0.3) is 12.2 Å². The Bertz CT molecular complexity index is 450. The van der Waals surface area contributed by atoms with Gasteiger partial charge in [0, 0.05) is 0 Å². The fraction of sp³-hybridized carbons (Fsp3) is 0.143. The average molecular weight is 244 g/mol. The normalized spacial score (nSPS) is 13.7. The van der Waals surface area contributed by atoms with Gasteiger partial charge in [-0.25, -0.2) is 0 Å². The number of allylic oxidation sites excluding steroid dienone is 2. The molecule has 0 amide bonds. The van der Waals surface area contributed by atoms with Crippen LogP contribution in [0.5, 0.6) is 0 Å². The van der Waals surface area contributed by atoms with E-state index in [1.807, 2.05) is 36.4 Å². The quantitative estimate of drug-likeness (QED) is 0.484. The number of hydrogen-bond acceptors (Lipinski definition) is 4. The molecule has 0 radical (unpaired) electrons. The molecule has 0 unspecified atom stereocenters. The second-order valence-corrected chi connectivity index (χ2v) is 3.82. The van der Waals surface area contributed by atoms with Gasteiger partial charge in [-0.2, -0.15) is 0 Å². The lowest BCUT2D eigenvalue weighted by Gasteiger charge is -1.96. The van der Waals surface area contributed by atoms with Crippen molar-refractivity contribution in [2.45, 2.75) is 13.8 Å². The Hall–Kier alpha value is -2.36. The van der Waals surface area contributed by atoms with Crippen LogP contribution >= 0.6 is 0 Å². The highest BCUT2D eigenvalue weighted by atomic mass is 16.4. The zero-order valence-corrected chi connectivity index (χ0v) is 10.4. The summed E-state index contributed by atoms with van der Waals surface area (Å²) in [4.78, 5) is 0. The summed E-state index contributed by atoms with van der Waals surface area (Å²) in [6.45, 7) is 3.43. The summed E-state index contributed by atoms with van der Waals surface area (Å²) in [7, 11) is 0. The molecule has 18 heavy (non-hydrogen) atoms. The summed E-state index contributed by atoms with van der Waals surface area (Å²) in [6.07, 6.45) is 7.19. The molecule has 2 N–H and O–H groups in total. The third kappa shape index (κ3) is 4.65. The molecule has 0 aliphatic carbocycles. The van der Waals surface area contributed by atoms with Gasteiger partial charge in [-0.3, -0.25) is 0 Å². The van der Waals surface area contributed by atoms with Crippen LogP contribution in [0.15, 0.2) is 46.7 Å². The second-order valence-electron chi connectivity index (χ2n) is 3.82. The van der Waals surface area contributed by atoms with E-state index in [9.17, 15) is 0 Å². The Morgan fingerprint density at radius 3 is 1.44 bits per heavy atom. The van der Waals surface area contributed by atoms with Crippen molar-refractivity contribution >= 4 is 23.6 Å². The van der Waals surface area contributed by atoms with Crippen LogP contribution in [0.4, 0.5) is 0 Å². The summed E-state index contributed by atoms with van der Waals surface area (Å²) >= 11 is 0. The topological polar surface area (TPSA) is 65.2 Å². The molecule has 0 atom stereocenters. The van der Waals surface area contributed by atoms with E-state index in [2.05, 4.69) is 10.3 Å². The van der Waals surface area contributed by atoms with E-state index in [4.69, 9.17) is 10.4 Å². The van der Waals surface area contributed by atoms with E-state index in [-0.39, 0.29) is 0 Å². The van der Waals surface area contributed by atoms with Crippen molar-refractivity contribution in [3.8, 4) is 0 Å². The summed E-state index contributed by atoms with van der Waals surface area (Å²) in [5.41, 5.74) is 3.13.